The zero-order valence-electron chi connectivity index (χ0n) is 18.1. The number of nitrogens with zero attached hydrogens (tertiary/aromatic N) is 2. The summed E-state index contributed by atoms with van der Waals surface area (Å²) in [5.41, 5.74) is 1.58. The van der Waals surface area contributed by atoms with Crippen molar-refractivity contribution >= 4 is 11.8 Å². The summed E-state index contributed by atoms with van der Waals surface area (Å²) in [4.78, 5) is 30.1. The van der Waals surface area contributed by atoms with Crippen molar-refractivity contribution in [3.8, 4) is 11.5 Å². The van der Waals surface area contributed by atoms with Gasteiger partial charge >= 0.3 is 0 Å². The van der Waals surface area contributed by atoms with E-state index in [1.165, 1.54) is 0 Å². The minimum absolute atomic E-state index is 0.0808. The van der Waals surface area contributed by atoms with Gasteiger partial charge in [0.15, 0.2) is 0 Å². The van der Waals surface area contributed by atoms with E-state index in [9.17, 15) is 9.59 Å². The highest BCUT2D eigenvalue weighted by molar-refractivity contribution is 5.95. The number of carbonyl (C=O) groups excluding carboxylic acids is 2. The van der Waals surface area contributed by atoms with Crippen molar-refractivity contribution in [1.29, 1.82) is 0 Å². The van der Waals surface area contributed by atoms with Gasteiger partial charge in [-0.15, -0.1) is 0 Å². The number of benzene rings is 2. The maximum absolute atomic E-state index is 13.3. The van der Waals surface area contributed by atoms with Gasteiger partial charge in [-0.25, -0.2) is 0 Å². The van der Waals surface area contributed by atoms with Crippen LogP contribution in [-0.4, -0.2) is 62.0 Å². The summed E-state index contributed by atoms with van der Waals surface area (Å²) in [5, 5.41) is 0. The molecule has 1 saturated heterocycles. The van der Waals surface area contributed by atoms with Crippen LogP contribution < -0.4 is 9.47 Å². The molecule has 0 saturated carbocycles. The Hall–Kier alpha value is -3.02. The molecule has 1 aliphatic heterocycles. The Morgan fingerprint density at radius 2 is 1.60 bits per heavy atom. The van der Waals surface area contributed by atoms with Crippen molar-refractivity contribution in [1.82, 2.24) is 9.80 Å². The highest BCUT2D eigenvalue weighted by atomic mass is 16.5. The Labute approximate surface area is 178 Å². The van der Waals surface area contributed by atoms with Gasteiger partial charge in [-0.1, -0.05) is 18.2 Å². The van der Waals surface area contributed by atoms with E-state index in [0.717, 1.165) is 11.3 Å². The number of likely N-dealkylation sites (tertiary alicyclic amines) is 1. The van der Waals surface area contributed by atoms with Crippen LogP contribution >= 0.6 is 0 Å². The molecule has 160 valence electrons. The Balaban J connectivity index is 1.92. The Morgan fingerprint density at radius 3 is 2.23 bits per heavy atom. The van der Waals surface area contributed by atoms with Gasteiger partial charge in [-0.2, -0.15) is 0 Å². The molecular formula is C24H30N2O4. The minimum atomic E-state index is -0.286. The van der Waals surface area contributed by atoms with Crippen molar-refractivity contribution in [3.63, 3.8) is 0 Å². The molecule has 0 bridgehead atoms. The average molecular weight is 411 g/mol. The molecule has 1 fully saturated rings. The fourth-order valence-electron chi connectivity index (χ4n) is 4.14. The molecule has 2 aromatic carbocycles. The van der Waals surface area contributed by atoms with Crippen LogP contribution in [-0.2, 0) is 4.79 Å². The topological polar surface area (TPSA) is 59.1 Å². The largest absolute Gasteiger partial charge is 0.497 e. The third-order valence-corrected chi connectivity index (χ3v) is 5.84. The summed E-state index contributed by atoms with van der Waals surface area (Å²) >= 11 is 0. The Bertz CT molecular complexity index is 894. The van der Waals surface area contributed by atoms with E-state index in [0.29, 0.717) is 37.5 Å². The third kappa shape index (κ3) is 4.42. The molecule has 30 heavy (non-hydrogen) atoms. The van der Waals surface area contributed by atoms with Crippen LogP contribution in [0.3, 0.4) is 0 Å². The fraction of sp³-hybridized carbons (Fsp3) is 0.417. The fourth-order valence-corrected chi connectivity index (χ4v) is 4.14. The Morgan fingerprint density at radius 1 is 0.967 bits per heavy atom. The van der Waals surface area contributed by atoms with Gasteiger partial charge in [0.2, 0.25) is 5.91 Å². The smallest absolute Gasteiger partial charge is 0.254 e. The molecule has 0 aromatic heterocycles. The first-order valence-electron chi connectivity index (χ1n) is 10.4. The molecule has 0 aliphatic carbocycles. The summed E-state index contributed by atoms with van der Waals surface area (Å²) in [6, 6.07) is 14.9. The zero-order valence-corrected chi connectivity index (χ0v) is 18.1. The number of methoxy groups -OCH3 is 2. The van der Waals surface area contributed by atoms with E-state index < -0.39 is 0 Å². The predicted molar refractivity (Wildman–Crippen MR) is 116 cm³/mol. The summed E-state index contributed by atoms with van der Waals surface area (Å²) in [5.74, 6) is 1.03. The standard InChI is InChI=1S/C24H30N2O4/c1-5-25(6-2)24(28)22-16-26(23(27)18-10-8-12-20(14-18)30-4)15-21(22)17-9-7-11-19(13-17)29-3/h7-14,21-22H,5-6,15-16H2,1-4H3/t21-,22+/m1/s1. The quantitative estimate of drug-likeness (QED) is 0.702. The van der Waals surface area contributed by atoms with Gasteiger partial charge in [-0.05, 0) is 49.7 Å². The lowest BCUT2D eigenvalue weighted by molar-refractivity contribution is -0.135. The monoisotopic (exact) mass is 410 g/mol. The van der Waals surface area contributed by atoms with E-state index in [4.69, 9.17) is 9.47 Å². The molecule has 6 nitrogen and oxygen atoms in total. The van der Waals surface area contributed by atoms with Gasteiger partial charge in [0.1, 0.15) is 11.5 Å². The molecule has 0 N–H and O–H groups in total. The lowest BCUT2D eigenvalue weighted by atomic mass is 9.88. The molecule has 1 aliphatic rings. The lowest BCUT2D eigenvalue weighted by Gasteiger charge is -2.26. The molecule has 3 rings (SSSR count). The highest BCUT2D eigenvalue weighted by Gasteiger charge is 2.42. The summed E-state index contributed by atoms with van der Waals surface area (Å²) in [6.45, 7) is 6.15. The van der Waals surface area contributed by atoms with E-state index >= 15 is 0 Å². The molecule has 2 aromatic rings. The van der Waals surface area contributed by atoms with Crippen molar-refractivity contribution in [2.45, 2.75) is 19.8 Å². The molecule has 1 heterocycles. The minimum Gasteiger partial charge on any atom is -0.497 e. The molecule has 0 unspecified atom stereocenters. The summed E-state index contributed by atoms with van der Waals surface area (Å²) < 4.78 is 10.6. The van der Waals surface area contributed by atoms with Crippen molar-refractivity contribution in [3.05, 3.63) is 59.7 Å². The molecular weight excluding hydrogens is 380 g/mol. The maximum atomic E-state index is 13.3. The first kappa shape index (κ1) is 21.7. The van der Waals surface area contributed by atoms with Gasteiger partial charge < -0.3 is 19.3 Å². The normalized spacial score (nSPS) is 18.2. The van der Waals surface area contributed by atoms with E-state index in [1.807, 2.05) is 49.1 Å². The van der Waals surface area contributed by atoms with Crippen LogP contribution in [0.2, 0.25) is 0 Å². The molecule has 6 heteroatoms. The van der Waals surface area contributed by atoms with Crippen LogP contribution in [0.25, 0.3) is 0 Å². The van der Waals surface area contributed by atoms with Crippen LogP contribution in [0.4, 0.5) is 0 Å². The van der Waals surface area contributed by atoms with Crippen LogP contribution in [0.15, 0.2) is 48.5 Å². The number of ether oxygens (including phenoxy) is 2. The first-order valence-corrected chi connectivity index (χ1v) is 10.4. The second kappa shape index (κ2) is 9.65. The molecule has 0 radical (unpaired) electrons. The van der Waals surface area contributed by atoms with E-state index in [1.54, 1.807) is 37.3 Å². The van der Waals surface area contributed by atoms with Crippen LogP contribution in [0.1, 0.15) is 35.7 Å². The Kier molecular flexibility index (Phi) is 6.98. The van der Waals surface area contributed by atoms with E-state index in [-0.39, 0.29) is 23.7 Å². The number of hydrogen-bond donors (Lipinski definition) is 0. The van der Waals surface area contributed by atoms with Crippen molar-refractivity contribution in [2.24, 2.45) is 5.92 Å². The van der Waals surface area contributed by atoms with Crippen LogP contribution in [0.5, 0.6) is 11.5 Å². The number of amides is 2. The van der Waals surface area contributed by atoms with Gasteiger partial charge in [0.25, 0.3) is 5.91 Å². The lowest BCUT2D eigenvalue weighted by Crippen LogP contribution is -2.39. The first-order chi connectivity index (χ1) is 14.5. The average Bonchev–Trinajstić information content (AvgIpc) is 3.25. The van der Waals surface area contributed by atoms with E-state index in [2.05, 4.69) is 0 Å². The third-order valence-electron chi connectivity index (χ3n) is 5.84. The summed E-state index contributed by atoms with van der Waals surface area (Å²) in [6.07, 6.45) is 0. The summed E-state index contributed by atoms with van der Waals surface area (Å²) in [7, 11) is 3.21. The van der Waals surface area contributed by atoms with Gasteiger partial charge in [0, 0.05) is 37.7 Å². The molecule has 2 atom stereocenters. The second-order valence-corrected chi connectivity index (χ2v) is 7.44. The van der Waals surface area contributed by atoms with Gasteiger partial charge in [-0.3, -0.25) is 9.59 Å². The molecule has 0 spiro atoms. The highest BCUT2D eigenvalue weighted by Crippen LogP contribution is 2.36. The molecule has 2 amide bonds. The van der Waals surface area contributed by atoms with Crippen molar-refractivity contribution < 1.29 is 19.1 Å². The SMILES string of the molecule is CCN(CC)C(=O)[C@H]1CN(C(=O)c2cccc(OC)c2)C[C@@H]1c1cccc(OC)c1. The number of rotatable bonds is 7. The second-order valence-electron chi connectivity index (χ2n) is 7.44. The number of hydrogen-bond acceptors (Lipinski definition) is 4. The zero-order chi connectivity index (χ0) is 21.7. The number of carbonyl (C=O) groups is 2. The maximum Gasteiger partial charge on any atom is 0.254 e. The predicted octanol–water partition coefficient (Wildman–Crippen LogP) is 3.43. The van der Waals surface area contributed by atoms with Gasteiger partial charge in [0.05, 0.1) is 20.1 Å². The van der Waals surface area contributed by atoms with Crippen molar-refractivity contribution in [2.75, 3.05) is 40.4 Å². The van der Waals surface area contributed by atoms with Crippen LogP contribution in [0, 0.1) is 5.92 Å².